The van der Waals surface area contributed by atoms with Crippen LogP contribution in [0.1, 0.15) is 11.7 Å². The van der Waals surface area contributed by atoms with E-state index < -0.39 is 12.5 Å². The van der Waals surface area contributed by atoms with Crippen molar-refractivity contribution in [3.05, 3.63) is 29.8 Å². The molecule has 1 aromatic carbocycles. The lowest BCUT2D eigenvalue weighted by Gasteiger charge is -2.12. The Labute approximate surface area is 84.3 Å². The third-order valence-corrected chi connectivity index (χ3v) is 1.70. The smallest absolute Gasteiger partial charge is 0.406 e. The van der Waals surface area contributed by atoms with Gasteiger partial charge in [-0.2, -0.15) is 0 Å². The summed E-state index contributed by atoms with van der Waals surface area (Å²) in [6, 6.07) is 5.08. The van der Waals surface area contributed by atoms with Gasteiger partial charge in [0.15, 0.2) is 0 Å². The fraction of sp³-hybridized carbons (Fsp3) is 0.333. The van der Waals surface area contributed by atoms with Gasteiger partial charge >= 0.3 is 6.36 Å². The summed E-state index contributed by atoms with van der Waals surface area (Å²) in [4.78, 5) is 0. The Hall–Kier alpha value is -1.27. The van der Waals surface area contributed by atoms with Gasteiger partial charge in [0.1, 0.15) is 5.75 Å². The molecule has 0 saturated heterocycles. The van der Waals surface area contributed by atoms with Crippen LogP contribution in [-0.4, -0.2) is 18.0 Å². The molecule has 0 aliphatic carbocycles. The number of aliphatic hydroxyl groups excluding tert-OH is 1. The largest absolute Gasteiger partial charge is 0.573 e. The Morgan fingerprint density at radius 2 is 2.07 bits per heavy atom. The minimum absolute atomic E-state index is 0.0600. The van der Waals surface area contributed by atoms with Crippen molar-refractivity contribution in [2.24, 2.45) is 5.73 Å². The first kappa shape index (κ1) is 11.8. The van der Waals surface area contributed by atoms with E-state index in [1.165, 1.54) is 12.1 Å². The number of halogens is 3. The van der Waals surface area contributed by atoms with Crippen molar-refractivity contribution in [2.75, 3.05) is 6.54 Å². The van der Waals surface area contributed by atoms with Gasteiger partial charge in [0.2, 0.25) is 0 Å². The molecule has 0 aromatic heterocycles. The van der Waals surface area contributed by atoms with Gasteiger partial charge in [0, 0.05) is 6.54 Å². The molecule has 84 valence electrons. The van der Waals surface area contributed by atoms with Crippen molar-refractivity contribution >= 4 is 0 Å². The predicted molar refractivity (Wildman–Crippen MR) is 47.1 cm³/mol. The lowest BCUT2D eigenvalue weighted by atomic mass is 10.1. The Balaban J connectivity index is 2.83. The van der Waals surface area contributed by atoms with Crippen LogP contribution in [-0.2, 0) is 0 Å². The Morgan fingerprint density at radius 1 is 1.40 bits per heavy atom. The zero-order valence-electron chi connectivity index (χ0n) is 7.66. The highest BCUT2D eigenvalue weighted by molar-refractivity contribution is 5.30. The monoisotopic (exact) mass is 221 g/mol. The molecule has 1 atom stereocenters. The first-order valence-electron chi connectivity index (χ1n) is 4.16. The van der Waals surface area contributed by atoms with Crippen LogP contribution in [0.2, 0.25) is 0 Å². The van der Waals surface area contributed by atoms with Crippen molar-refractivity contribution in [1.29, 1.82) is 0 Å². The van der Waals surface area contributed by atoms with Gasteiger partial charge in [-0.05, 0) is 17.7 Å². The molecule has 0 spiro atoms. The minimum Gasteiger partial charge on any atom is -0.406 e. The molecule has 1 aromatic rings. The Morgan fingerprint density at radius 3 is 2.60 bits per heavy atom. The molecule has 0 saturated carbocycles. The van der Waals surface area contributed by atoms with Crippen LogP contribution in [0.3, 0.4) is 0 Å². The van der Waals surface area contributed by atoms with Gasteiger partial charge in [-0.25, -0.2) is 0 Å². The van der Waals surface area contributed by atoms with E-state index in [0.29, 0.717) is 5.56 Å². The Bertz CT molecular complexity index is 327. The number of rotatable bonds is 3. The number of ether oxygens (including phenoxy) is 1. The summed E-state index contributed by atoms with van der Waals surface area (Å²) in [7, 11) is 0. The molecule has 3 nitrogen and oxygen atoms in total. The molecule has 0 aliphatic rings. The van der Waals surface area contributed by atoms with E-state index in [0.717, 1.165) is 12.1 Å². The van der Waals surface area contributed by atoms with Gasteiger partial charge < -0.3 is 15.6 Å². The fourth-order valence-corrected chi connectivity index (χ4v) is 1.06. The Kier molecular flexibility index (Phi) is 3.54. The number of alkyl halides is 3. The van der Waals surface area contributed by atoms with Crippen molar-refractivity contribution in [2.45, 2.75) is 12.5 Å². The van der Waals surface area contributed by atoms with E-state index in [1.807, 2.05) is 0 Å². The number of aliphatic hydroxyl groups is 1. The average Bonchev–Trinajstić information content (AvgIpc) is 2.14. The molecule has 1 rings (SSSR count). The normalized spacial score (nSPS) is 13.7. The lowest BCUT2D eigenvalue weighted by molar-refractivity contribution is -0.274. The SMILES string of the molecule is NCC(O)c1cccc(OC(F)(F)F)c1. The third kappa shape index (κ3) is 3.77. The van der Waals surface area contributed by atoms with Gasteiger partial charge in [0.05, 0.1) is 6.10 Å². The van der Waals surface area contributed by atoms with Crippen LogP contribution in [0.5, 0.6) is 5.75 Å². The second-order valence-corrected chi connectivity index (χ2v) is 2.87. The molecule has 1 unspecified atom stereocenters. The first-order chi connectivity index (χ1) is 6.92. The number of benzene rings is 1. The minimum atomic E-state index is -4.73. The van der Waals surface area contributed by atoms with E-state index in [4.69, 9.17) is 5.73 Å². The third-order valence-electron chi connectivity index (χ3n) is 1.70. The molecular formula is C9H10F3NO2. The highest BCUT2D eigenvalue weighted by atomic mass is 19.4. The van der Waals surface area contributed by atoms with Gasteiger partial charge in [-0.1, -0.05) is 12.1 Å². The number of hydrogen-bond donors (Lipinski definition) is 2. The van der Waals surface area contributed by atoms with Crippen LogP contribution in [0.4, 0.5) is 13.2 Å². The fourth-order valence-electron chi connectivity index (χ4n) is 1.06. The van der Waals surface area contributed by atoms with Crippen molar-refractivity contribution in [3.63, 3.8) is 0 Å². The molecule has 0 radical (unpaired) electrons. The quantitative estimate of drug-likeness (QED) is 0.814. The highest BCUT2D eigenvalue weighted by Gasteiger charge is 2.31. The van der Waals surface area contributed by atoms with E-state index in [9.17, 15) is 18.3 Å². The van der Waals surface area contributed by atoms with Crippen molar-refractivity contribution < 1.29 is 23.0 Å². The molecule has 15 heavy (non-hydrogen) atoms. The van der Waals surface area contributed by atoms with Gasteiger partial charge in [0.25, 0.3) is 0 Å². The summed E-state index contributed by atoms with van der Waals surface area (Å²) >= 11 is 0. The molecular weight excluding hydrogens is 211 g/mol. The summed E-state index contributed by atoms with van der Waals surface area (Å²) < 4.78 is 39.2. The van der Waals surface area contributed by atoms with E-state index >= 15 is 0 Å². The lowest BCUT2D eigenvalue weighted by Crippen LogP contribution is -2.17. The summed E-state index contributed by atoms with van der Waals surface area (Å²) in [5, 5.41) is 9.29. The maximum atomic E-state index is 11.8. The highest BCUT2D eigenvalue weighted by Crippen LogP contribution is 2.25. The summed E-state index contributed by atoms with van der Waals surface area (Å²) in [5.41, 5.74) is 5.46. The molecule has 0 heterocycles. The molecule has 0 fully saturated rings. The standard InChI is InChI=1S/C9H10F3NO2/c10-9(11,12)15-7-3-1-2-6(4-7)8(14)5-13/h1-4,8,14H,5,13H2. The summed E-state index contributed by atoms with van der Waals surface area (Å²) in [6.07, 6.45) is -5.71. The molecule has 0 aliphatic heterocycles. The van der Waals surface area contributed by atoms with E-state index in [1.54, 1.807) is 0 Å². The zero-order chi connectivity index (χ0) is 11.5. The van der Waals surface area contributed by atoms with Crippen molar-refractivity contribution in [1.82, 2.24) is 0 Å². The van der Waals surface area contributed by atoms with Gasteiger partial charge in [-0.15, -0.1) is 13.2 Å². The molecule has 0 bridgehead atoms. The number of hydrogen-bond acceptors (Lipinski definition) is 3. The summed E-state index contributed by atoms with van der Waals surface area (Å²) in [5.74, 6) is -0.368. The molecule has 3 N–H and O–H groups in total. The van der Waals surface area contributed by atoms with Crippen LogP contribution >= 0.6 is 0 Å². The van der Waals surface area contributed by atoms with Crippen LogP contribution < -0.4 is 10.5 Å². The molecule has 0 amide bonds. The van der Waals surface area contributed by atoms with E-state index in [2.05, 4.69) is 4.74 Å². The van der Waals surface area contributed by atoms with Crippen molar-refractivity contribution in [3.8, 4) is 5.75 Å². The van der Waals surface area contributed by atoms with Crippen LogP contribution in [0.25, 0.3) is 0 Å². The second-order valence-electron chi connectivity index (χ2n) is 2.87. The van der Waals surface area contributed by atoms with Crippen LogP contribution in [0, 0.1) is 0 Å². The second kappa shape index (κ2) is 4.50. The topological polar surface area (TPSA) is 55.5 Å². The summed E-state index contributed by atoms with van der Waals surface area (Å²) in [6.45, 7) is -0.0600. The van der Waals surface area contributed by atoms with Gasteiger partial charge in [-0.3, -0.25) is 0 Å². The average molecular weight is 221 g/mol. The maximum absolute atomic E-state index is 11.8. The van der Waals surface area contributed by atoms with Crippen LogP contribution in [0.15, 0.2) is 24.3 Å². The number of nitrogens with two attached hydrogens (primary N) is 1. The van der Waals surface area contributed by atoms with E-state index in [-0.39, 0.29) is 12.3 Å². The maximum Gasteiger partial charge on any atom is 0.573 e. The predicted octanol–water partition coefficient (Wildman–Crippen LogP) is 1.58. The molecule has 6 heteroatoms. The first-order valence-corrected chi connectivity index (χ1v) is 4.16. The zero-order valence-corrected chi connectivity index (χ0v) is 7.66.